The van der Waals surface area contributed by atoms with Crippen LogP contribution in [0.15, 0.2) is 42.5 Å². The van der Waals surface area contributed by atoms with Gasteiger partial charge in [-0.2, -0.15) is 0 Å². The molecule has 0 spiro atoms. The molecule has 0 amide bonds. The number of hydrogen-bond acceptors (Lipinski definition) is 2. The van der Waals surface area contributed by atoms with Crippen molar-refractivity contribution in [2.45, 2.75) is 25.6 Å². The van der Waals surface area contributed by atoms with Crippen molar-refractivity contribution in [3.63, 3.8) is 0 Å². The van der Waals surface area contributed by atoms with E-state index in [2.05, 4.69) is 4.74 Å². The summed E-state index contributed by atoms with van der Waals surface area (Å²) >= 11 is 0. The van der Waals surface area contributed by atoms with Gasteiger partial charge in [-0.25, -0.2) is 0 Å². The van der Waals surface area contributed by atoms with E-state index in [0.29, 0.717) is 36.0 Å². The lowest BCUT2D eigenvalue weighted by Crippen LogP contribution is -2.18. The van der Waals surface area contributed by atoms with Gasteiger partial charge >= 0.3 is 6.36 Å². The summed E-state index contributed by atoms with van der Waals surface area (Å²) in [6, 6.07) is 11.2. The van der Waals surface area contributed by atoms with E-state index in [4.69, 9.17) is 0 Å². The molecule has 0 N–H and O–H groups in total. The van der Waals surface area contributed by atoms with Gasteiger partial charge in [0.05, 0.1) is 0 Å². The normalized spacial score (nSPS) is 14.6. The largest absolute Gasteiger partial charge is 0.573 e. The number of ether oxygens (including phenoxy) is 1. The minimum atomic E-state index is -4.75. The number of ketones is 1. The molecule has 0 aromatic heterocycles. The lowest BCUT2D eigenvalue weighted by Gasteiger charge is -2.20. The highest BCUT2D eigenvalue weighted by Gasteiger charge is 2.32. The van der Waals surface area contributed by atoms with Crippen molar-refractivity contribution in [3.8, 4) is 16.9 Å². The SMILES string of the molecule is O=C1CCCc2c1cccc2-c1ccccc1OC(F)(F)F. The predicted molar refractivity (Wildman–Crippen MR) is 75.8 cm³/mol. The summed E-state index contributed by atoms with van der Waals surface area (Å²) < 4.78 is 41.8. The van der Waals surface area contributed by atoms with Crippen molar-refractivity contribution >= 4 is 5.78 Å². The van der Waals surface area contributed by atoms with Crippen molar-refractivity contribution in [1.29, 1.82) is 0 Å². The highest BCUT2D eigenvalue weighted by molar-refractivity contribution is 6.00. The highest BCUT2D eigenvalue weighted by atomic mass is 19.4. The topological polar surface area (TPSA) is 26.3 Å². The van der Waals surface area contributed by atoms with Crippen LogP contribution in [0.2, 0.25) is 0 Å². The van der Waals surface area contributed by atoms with Crippen molar-refractivity contribution in [2.24, 2.45) is 0 Å². The van der Waals surface area contributed by atoms with Crippen LogP contribution in [0.3, 0.4) is 0 Å². The van der Waals surface area contributed by atoms with E-state index in [-0.39, 0.29) is 11.5 Å². The Kier molecular flexibility index (Phi) is 3.64. The van der Waals surface area contributed by atoms with Crippen LogP contribution in [-0.2, 0) is 6.42 Å². The molecule has 0 unspecified atom stereocenters. The first-order valence-electron chi connectivity index (χ1n) is 6.96. The van der Waals surface area contributed by atoms with Gasteiger partial charge in [0.1, 0.15) is 5.75 Å². The summed E-state index contributed by atoms with van der Waals surface area (Å²) in [5, 5.41) is 0. The molecule has 0 aliphatic heterocycles. The molecule has 2 nitrogen and oxygen atoms in total. The molecule has 0 radical (unpaired) electrons. The number of carbonyl (C=O) groups is 1. The minimum absolute atomic E-state index is 0.0392. The van der Waals surface area contributed by atoms with Crippen LogP contribution in [0.25, 0.3) is 11.1 Å². The molecule has 1 aliphatic carbocycles. The van der Waals surface area contributed by atoms with Crippen LogP contribution in [0.4, 0.5) is 13.2 Å². The van der Waals surface area contributed by atoms with Crippen molar-refractivity contribution in [3.05, 3.63) is 53.6 Å². The van der Waals surface area contributed by atoms with Gasteiger partial charge < -0.3 is 4.74 Å². The first-order chi connectivity index (χ1) is 10.5. The van der Waals surface area contributed by atoms with E-state index in [1.54, 1.807) is 30.3 Å². The van der Waals surface area contributed by atoms with Crippen molar-refractivity contribution < 1.29 is 22.7 Å². The number of para-hydroxylation sites is 1. The smallest absolute Gasteiger partial charge is 0.405 e. The lowest BCUT2D eigenvalue weighted by atomic mass is 9.85. The van der Waals surface area contributed by atoms with Gasteiger partial charge in [0.15, 0.2) is 5.78 Å². The maximum Gasteiger partial charge on any atom is 0.573 e. The zero-order valence-electron chi connectivity index (χ0n) is 11.6. The van der Waals surface area contributed by atoms with E-state index < -0.39 is 6.36 Å². The average molecular weight is 306 g/mol. The number of benzene rings is 2. The molecule has 2 aromatic carbocycles. The molecule has 0 saturated carbocycles. The highest BCUT2D eigenvalue weighted by Crippen LogP contribution is 2.38. The van der Waals surface area contributed by atoms with Crippen LogP contribution < -0.4 is 4.74 Å². The number of rotatable bonds is 2. The molecule has 22 heavy (non-hydrogen) atoms. The van der Waals surface area contributed by atoms with E-state index >= 15 is 0 Å². The third-order valence-corrected chi connectivity index (χ3v) is 3.71. The van der Waals surface area contributed by atoms with Gasteiger partial charge in [0, 0.05) is 17.5 Å². The maximum atomic E-state index is 12.6. The predicted octanol–water partition coefficient (Wildman–Crippen LogP) is 4.77. The Balaban J connectivity index is 2.13. The van der Waals surface area contributed by atoms with Crippen molar-refractivity contribution in [2.75, 3.05) is 0 Å². The maximum absolute atomic E-state index is 12.6. The third-order valence-electron chi connectivity index (χ3n) is 3.71. The first-order valence-corrected chi connectivity index (χ1v) is 6.96. The Labute approximate surface area is 125 Å². The zero-order chi connectivity index (χ0) is 15.7. The molecular weight excluding hydrogens is 293 g/mol. The second kappa shape index (κ2) is 5.48. The van der Waals surface area contributed by atoms with E-state index in [9.17, 15) is 18.0 Å². The Morgan fingerprint density at radius 1 is 0.864 bits per heavy atom. The van der Waals surface area contributed by atoms with Gasteiger partial charge in [-0.1, -0.05) is 36.4 Å². The standard InChI is InChI=1S/C17H13F3O2/c18-17(19,20)22-16-10-2-1-5-14(16)12-6-3-8-13-11(12)7-4-9-15(13)21/h1-3,5-6,8,10H,4,7,9H2. The lowest BCUT2D eigenvalue weighted by molar-refractivity contribution is -0.274. The van der Waals surface area contributed by atoms with E-state index in [1.807, 2.05) is 0 Å². The fraction of sp³-hybridized carbons (Fsp3) is 0.235. The molecule has 3 rings (SSSR count). The van der Waals surface area contributed by atoms with E-state index in [1.165, 1.54) is 12.1 Å². The molecule has 0 fully saturated rings. The van der Waals surface area contributed by atoms with Gasteiger partial charge in [0.2, 0.25) is 0 Å². The fourth-order valence-electron chi connectivity index (χ4n) is 2.83. The number of carbonyl (C=O) groups excluding carboxylic acids is 1. The van der Waals surface area contributed by atoms with Gasteiger partial charge in [-0.15, -0.1) is 13.2 Å². The average Bonchev–Trinajstić information content (AvgIpc) is 2.46. The number of halogens is 3. The number of alkyl halides is 3. The van der Waals surface area contributed by atoms with Crippen LogP contribution in [0, 0.1) is 0 Å². The summed E-state index contributed by atoms with van der Waals surface area (Å²) in [4.78, 5) is 12.0. The molecular formula is C17H13F3O2. The Bertz CT molecular complexity index is 720. The Morgan fingerprint density at radius 2 is 1.55 bits per heavy atom. The molecule has 0 saturated heterocycles. The van der Waals surface area contributed by atoms with Crippen LogP contribution >= 0.6 is 0 Å². The van der Waals surface area contributed by atoms with E-state index in [0.717, 1.165) is 5.56 Å². The first kappa shape index (κ1) is 14.6. The second-order valence-corrected chi connectivity index (χ2v) is 5.15. The summed E-state index contributed by atoms with van der Waals surface area (Å²) in [5.41, 5.74) is 2.39. The molecule has 2 aromatic rings. The fourth-order valence-corrected chi connectivity index (χ4v) is 2.83. The number of fused-ring (bicyclic) bond motifs is 1. The third kappa shape index (κ3) is 2.84. The molecule has 114 valence electrons. The second-order valence-electron chi connectivity index (χ2n) is 5.15. The Hall–Kier alpha value is -2.30. The summed E-state index contributed by atoms with van der Waals surface area (Å²) in [6.07, 6.45) is -2.87. The number of hydrogen-bond donors (Lipinski definition) is 0. The van der Waals surface area contributed by atoms with Crippen LogP contribution in [0.1, 0.15) is 28.8 Å². The minimum Gasteiger partial charge on any atom is -0.405 e. The summed E-state index contributed by atoms with van der Waals surface area (Å²) in [7, 11) is 0. The molecule has 0 atom stereocenters. The summed E-state index contributed by atoms with van der Waals surface area (Å²) in [6.45, 7) is 0. The quantitative estimate of drug-likeness (QED) is 0.798. The number of Topliss-reactive ketones (excluding diaryl/α,β-unsaturated/α-hetero) is 1. The van der Waals surface area contributed by atoms with Gasteiger partial charge in [-0.05, 0) is 30.0 Å². The van der Waals surface area contributed by atoms with Crippen molar-refractivity contribution in [1.82, 2.24) is 0 Å². The summed E-state index contributed by atoms with van der Waals surface area (Å²) in [5.74, 6) is -0.209. The molecule has 1 aliphatic rings. The monoisotopic (exact) mass is 306 g/mol. The Morgan fingerprint density at radius 3 is 2.32 bits per heavy atom. The molecule has 5 heteroatoms. The molecule has 0 heterocycles. The molecule has 0 bridgehead atoms. The van der Waals surface area contributed by atoms with Gasteiger partial charge in [0.25, 0.3) is 0 Å². The van der Waals surface area contributed by atoms with Crippen LogP contribution in [-0.4, -0.2) is 12.1 Å². The van der Waals surface area contributed by atoms with Gasteiger partial charge in [-0.3, -0.25) is 4.79 Å². The van der Waals surface area contributed by atoms with Crippen LogP contribution in [0.5, 0.6) is 5.75 Å². The zero-order valence-corrected chi connectivity index (χ0v) is 11.6.